The Labute approximate surface area is 173 Å². The van der Waals surface area contributed by atoms with Crippen LogP contribution in [0.4, 0.5) is 5.69 Å². The van der Waals surface area contributed by atoms with Crippen molar-refractivity contribution in [3.8, 4) is 23.0 Å². The van der Waals surface area contributed by atoms with Crippen LogP contribution in [-0.2, 0) is 0 Å². The lowest BCUT2D eigenvalue weighted by molar-refractivity contribution is 1.33. The highest BCUT2D eigenvalue weighted by atomic mass is 32.1. The maximum Gasteiger partial charge on any atom is 0.0798 e. The zero-order chi connectivity index (χ0) is 20.3. The van der Waals surface area contributed by atoms with Crippen LogP contribution in [0.1, 0.15) is 38.9 Å². The Morgan fingerprint density at radius 1 is 0.714 bits per heavy atom. The molecule has 28 heavy (non-hydrogen) atoms. The average molecular weight is 382 g/mol. The minimum absolute atomic E-state index is 0.910. The second-order valence-electron chi connectivity index (χ2n) is 7.26. The summed E-state index contributed by atoms with van der Waals surface area (Å²) in [5, 5.41) is 2.47. The number of hydrogen-bond acceptors (Lipinski definition) is 2. The van der Waals surface area contributed by atoms with Gasteiger partial charge in [0.1, 0.15) is 0 Å². The molecule has 0 aromatic heterocycles. The lowest BCUT2D eigenvalue weighted by Gasteiger charge is -2.11. The molecule has 0 fully saturated rings. The Morgan fingerprint density at radius 2 is 1.43 bits per heavy atom. The first-order chi connectivity index (χ1) is 13.4. The fourth-order valence-corrected chi connectivity index (χ4v) is 3.58. The Morgan fingerprint density at radius 3 is 2.04 bits per heavy atom. The van der Waals surface area contributed by atoms with E-state index in [0.29, 0.717) is 0 Å². The van der Waals surface area contributed by atoms with E-state index < -0.39 is 0 Å². The first kappa shape index (κ1) is 19.8. The number of aliphatic imine (C=N–C) groups is 1. The van der Waals surface area contributed by atoms with Gasteiger partial charge in [-0.15, -0.1) is 0 Å². The van der Waals surface area contributed by atoms with Gasteiger partial charge in [0.15, 0.2) is 0 Å². The highest BCUT2D eigenvalue weighted by Crippen LogP contribution is 2.32. The third-order valence-corrected chi connectivity index (χ3v) is 5.00. The van der Waals surface area contributed by atoms with E-state index in [1.165, 1.54) is 27.8 Å². The van der Waals surface area contributed by atoms with E-state index in [1.807, 2.05) is 0 Å². The summed E-state index contributed by atoms with van der Waals surface area (Å²) in [7, 11) is 0. The van der Waals surface area contributed by atoms with Gasteiger partial charge in [0.2, 0.25) is 0 Å². The van der Waals surface area contributed by atoms with Crippen LogP contribution in [0.5, 0.6) is 0 Å². The first-order valence-corrected chi connectivity index (χ1v) is 9.69. The number of nitrogens with zero attached hydrogens (tertiary/aromatic N) is 1. The summed E-state index contributed by atoms with van der Waals surface area (Å²) in [6.07, 6.45) is 0. The predicted molar refractivity (Wildman–Crippen MR) is 123 cm³/mol. The molecule has 138 valence electrons. The van der Waals surface area contributed by atoms with Gasteiger partial charge < -0.3 is 0 Å². The smallest absolute Gasteiger partial charge is 0.0798 e. The molecule has 0 amide bonds. The van der Waals surface area contributed by atoms with Gasteiger partial charge >= 0.3 is 0 Å². The minimum atomic E-state index is 0.910. The molecule has 3 rings (SSSR count). The average Bonchev–Trinajstić information content (AvgIpc) is 2.64. The maximum atomic E-state index is 4.76. The Bertz CT molecular complexity index is 1150. The van der Waals surface area contributed by atoms with Gasteiger partial charge in [-0.2, -0.15) is 4.99 Å². The normalized spacial score (nSPS) is 10.0. The standard InChI is InChI=1S/C26H23NS/c1-17-6-9-23(18(2)12-17)10-7-22-8-11-25(19(3)13-22)24-14-20(4)26(27-16-28)21(5)15-24/h6,8-9,11-15H,1-5H3. The summed E-state index contributed by atoms with van der Waals surface area (Å²) >= 11 is 4.76. The molecule has 0 radical (unpaired) electrons. The van der Waals surface area contributed by atoms with E-state index in [4.69, 9.17) is 12.2 Å². The van der Waals surface area contributed by atoms with Gasteiger partial charge in [-0.3, -0.25) is 0 Å². The summed E-state index contributed by atoms with van der Waals surface area (Å²) < 4.78 is 0. The molecule has 0 unspecified atom stereocenters. The zero-order valence-electron chi connectivity index (χ0n) is 17.0. The number of isothiocyanates is 1. The van der Waals surface area contributed by atoms with Gasteiger partial charge in [-0.25, -0.2) is 0 Å². The third-order valence-electron chi connectivity index (χ3n) is 4.91. The number of aryl methyl sites for hydroxylation is 5. The van der Waals surface area contributed by atoms with Crippen molar-refractivity contribution in [3.63, 3.8) is 0 Å². The lowest BCUT2D eigenvalue weighted by atomic mass is 9.94. The molecule has 0 N–H and O–H groups in total. The summed E-state index contributed by atoms with van der Waals surface area (Å²) in [5.74, 6) is 6.61. The number of thiocarbonyl (C=S) groups is 1. The summed E-state index contributed by atoms with van der Waals surface area (Å²) in [5.41, 5.74) is 11.3. The summed E-state index contributed by atoms with van der Waals surface area (Å²) in [6, 6.07) is 17.1. The third kappa shape index (κ3) is 4.29. The molecule has 0 atom stereocenters. The molecule has 2 heteroatoms. The van der Waals surface area contributed by atoms with Crippen molar-refractivity contribution in [1.29, 1.82) is 0 Å². The summed E-state index contributed by atoms with van der Waals surface area (Å²) in [6.45, 7) is 10.4. The topological polar surface area (TPSA) is 12.4 Å². The summed E-state index contributed by atoms with van der Waals surface area (Å²) in [4.78, 5) is 4.19. The second kappa shape index (κ2) is 8.36. The maximum absolute atomic E-state index is 4.76. The quantitative estimate of drug-likeness (QED) is 0.264. The van der Waals surface area contributed by atoms with Crippen molar-refractivity contribution in [2.45, 2.75) is 34.6 Å². The van der Waals surface area contributed by atoms with Crippen molar-refractivity contribution in [1.82, 2.24) is 0 Å². The molecular weight excluding hydrogens is 358 g/mol. The van der Waals surface area contributed by atoms with Gasteiger partial charge in [-0.05, 0) is 111 Å². The number of rotatable bonds is 2. The van der Waals surface area contributed by atoms with Crippen LogP contribution in [0, 0.1) is 46.5 Å². The molecular formula is C26H23NS. The SMILES string of the molecule is Cc1ccc(C#Cc2ccc(-c3cc(C)c(N=C=S)c(C)c3)c(C)c2)c(C)c1. The lowest BCUT2D eigenvalue weighted by Crippen LogP contribution is -1.89. The van der Waals surface area contributed by atoms with Crippen LogP contribution < -0.4 is 0 Å². The second-order valence-corrected chi connectivity index (χ2v) is 7.44. The van der Waals surface area contributed by atoms with E-state index in [9.17, 15) is 0 Å². The van der Waals surface area contributed by atoms with Gasteiger partial charge in [0.05, 0.1) is 10.8 Å². The van der Waals surface area contributed by atoms with E-state index in [0.717, 1.165) is 27.9 Å². The van der Waals surface area contributed by atoms with Crippen molar-refractivity contribution in [2.24, 2.45) is 4.99 Å². The number of benzene rings is 3. The van der Waals surface area contributed by atoms with Crippen molar-refractivity contribution < 1.29 is 0 Å². The Hall–Kier alpha value is -2.98. The molecule has 0 saturated carbocycles. The molecule has 0 aliphatic heterocycles. The largest absolute Gasteiger partial charge is 0.194 e. The van der Waals surface area contributed by atoms with Crippen LogP contribution >= 0.6 is 12.2 Å². The zero-order valence-corrected chi connectivity index (χ0v) is 17.8. The van der Waals surface area contributed by atoms with Crippen LogP contribution in [-0.4, -0.2) is 5.16 Å². The van der Waals surface area contributed by atoms with Crippen molar-refractivity contribution in [2.75, 3.05) is 0 Å². The van der Waals surface area contributed by atoms with Gasteiger partial charge in [-0.1, -0.05) is 35.6 Å². The molecule has 0 aliphatic carbocycles. The number of hydrogen-bond donors (Lipinski definition) is 0. The van der Waals surface area contributed by atoms with E-state index in [1.54, 1.807) is 0 Å². The minimum Gasteiger partial charge on any atom is -0.194 e. The van der Waals surface area contributed by atoms with Crippen LogP contribution in [0.2, 0.25) is 0 Å². The molecule has 0 aliphatic rings. The van der Waals surface area contributed by atoms with Crippen LogP contribution in [0.3, 0.4) is 0 Å². The van der Waals surface area contributed by atoms with Crippen LogP contribution in [0.15, 0.2) is 53.5 Å². The van der Waals surface area contributed by atoms with Crippen molar-refractivity contribution >= 4 is 23.1 Å². The molecule has 3 aromatic carbocycles. The van der Waals surface area contributed by atoms with Crippen molar-refractivity contribution in [3.05, 3.63) is 87.5 Å². The fraction of sp³-hybridized carbons (Fsp3) is 0.192. The monoisotopic (exact) mass is 381 g/mol. The van der Waals surface area contributed by atoms with Crippen LogP contribution in [0.25, 0.3) is 11.1 Å². The van der Waals surface area contributed by atoms with E-state index in [-0.39, 0.29) is 0 Å². The molecule has 0 heterocycles. The molecule has 1 nitrogen and oxygen atoms in total. The van der Waals surface area contributed by atoms with E-state index >= 15 is 0 Å². The highest BCUT2D eigenvalue weighted by Gasteiger charge is 2.08. The van der Waals surface area contributed by atoms with Gasteiger partial charge in [0, 0.05) is 11.1 Å². The Balaban J connectivity index is 1.96. The van der Waals surface area contributed by atoms with Gasteiger partial charge in [0.25, 0.3) is 0 Å². The Kier molecular flexibility index (Phi) is 5.90. The molecule has 0 spiro atoms. The molecule has 3 aromatic rings. The first-order valence-electron chi connectivity index (χ1n) is 9.28. The predicted octanol–water partition coefficient (Wildman–Crippen LogP) is 7.03. The fourth-order valence-electron chi connectivity index (χ4n) is 3.49. The highest BCUT2D eigenvalue weighted by molar-refractivity contribution is 7.78. The molecule has 0 bridgehead atoms. The molecule has 0 saturated heterocycles. The van der Waals surface area contributed by atoms with E-state index in [2.05, 4.69) is 105 Å².